The minimum Gasteiger partial charge on any atom is -0.466 e. The van der Waals surface area contributed by atoms with E-state index < -0.39 is 0 Å². The fourth-order valence-electron chi connectivity index (χ4n) is 1.42. The maximum atomic E-state index is 11.9. The summed E-state index contributed by atoms with van der Waals surface area (Å²) in [6, 6.07) is 5.07. The summed E-state index contributed by atoms with van der Waals surface area (Å²) < 4.78 is 6.09. The summed E-state index contributed by atoms with van der Waals surface area (Å²) in [5.41, 5.74) is 0.487. The molecule has 2 rings (SSSR count). The lowest BCUT2D eigenvalue weighted by Crippen LogP contribution is -2.14. The van der Waals surface area contributed by atoms with Gasteiger partial charge >= 0.3 is 0 Å². The van der Waals surface area contributed by atoms with Gasteiger partial charge in [-0.3, -0.25) is 4.79 Å². The van der Waals surface area contributed by atoms with E-state index in [-0.39, 0.29) is 17.8 Å². The molecule has 0 bridgehead atoms. The zero-order valence-corrected chi connectivity index (χ0v) is 14.9. The first-order chi connectivity index (χ1) is 10.5. The van der Waals surface area contributed by atoms with Gasteiger partial charge in [-0.05, 0) is 37.3 Å². The third-order valence-electron chi connectivity index (χ3n) is 2.28. The number of rotatable bonds is 6. The normalized spacial score (nSPS) is 10.8. The van der Waals surface area contributed by atoms with Gasteiger partial charge in [-0.25, -0.2) is 0 Å². The number of anilines is 1. The first-order valence-corrected chi connectivity index (χ1v) is 8.88. The summed E-state index contributed by atoms with van der Waals surface area (Å²) in [7, 11) is 0. The SMILES string of the molecule is CC(C)Oc1nnc(SCC(=O)Nc2cccc(Cl)c2Cl)s1. The molecule has 0 saturated carbocycles. The molecule has 9 heteroatoms. The van der Waals surface area contributed by atoms with Crippen molar-refractivity contribution in [2.24, 2.45) is 0 Å². The summed E-state index contributed by atoms with van der Waals surface area (Å²) in [5.74, 6) is -0.00483. The average molecular weight is 378 g/mol. The van der Waals surface area contributed by atoms with Gasteiger partial charge in [0, 0.05) is 0 Å². The van der Waals surface area contributed by atoms with Crippen LogP contribution in [0.4, 0.5) is 5.69 Å². The molecule has 0 aliphatic heterocycles. The largest absolute Gasteiger partial charge is 0.466 e. The number of benzene rings is 1. The molecule has 0 unspecified atom stereocenters. The fraction of sp³-hybridized carbons (Fsp3) is 0.308. The Hall–Kier alpha value is -1.02. The molecule has 1 heterocycles. The van der Waals surface area contributed by atoms with E-state index in [1.54, 1.807) is 18.2 Å². The molecule has 0 saturated heterocycles. The van der Waals surface area contributed by atoms with Crippen LogP contribution in [0.3, 0.4) is 0 Å². The summed E-state index contributed by atoms with van der Waals surface area (Å²) >= 11 is 14.5. The van der Waals surface area contributed by atoms with Crippen molar-refractivity contribution in [3.05, 3.63) is 28.2 Å². The van der Waals surface area contributed by atoms with Crippen molar-refractivity contribution < 1.29 is 9.53 Å². The van der Waals surface area contributed by atoms with E-state index in [9.17, 15) is 4.79 Å². The third-order valence-corrected chi connectivity index (χ3v) is 5.04. The van der Waals surface area contributed by atoms with E-state index >= 15 is 0 Å². The van der Waals surface area contributed by atoms with Gasteiger partial charge in [-0.2, -0.15) is 0 Å². The van der Waals surface area contributed by atoms with Gasteiger partial charge in [-0.15, -0.1) is 5.10 Å². The molecule has 1 aromatic carbocycles. The maximum absolute atomic E-state index is 11.9. The Bertz CT molecular complexity index is 664. The van der Waals surface area contributed by atoms with Crippen LogP contribution in [0.15, 0.2) is 22.5 Å². The molecule has 1 aromatic heterocycles. The number of thioether (sulfide) groups is 1. The lowest BCUT2D eigenvalue weighted by Gasteiger charge is -2.07. The highest BCUT2D eigenvalue weighted by Crippen LogP contribution is 2.30. The van der Waals surface area contributed by atoms with Crippen molar-refractivity contribution in [2.75, 3.05) is 11.1 Å². The van der Waals surface area contributed by atoms with Crippen LogP contribution in [0.1, 0.15) is 13.8 Å². The monoisotopic (exact) mass is 377 g/mol. The predicted molar refractivity (Wildman–Crippen MR) is 91.5 cm³/mol. The number of amides is 1. The molecule has 22 heavy (non-hydrogen) atoms. The number of carbonyl (C=O) groups excluding carboxylic acids is 1. The second-order valence-corrected chi connectivity index (χ2v) is 7.39. The van der Waals surface area contributed by atoms with Crippen molar-refractivity contribution in [3.8, 4) is 5.19 Å². The van der Waals surface area contributed by atoms with Crippen molar-refractivity contribution in [2.45, 2.75) is 24.3 Å². The first-order valence-electron chi connectivity index (χ1n) is 6.32. The number of nitrogens with one attached hydrogen (secondary N) is 1. The van der Waals surface area contributed by atoms with Gasteiger partial charge in [-0.1, -0.05) is 46.1 Å². The van der Waals surface area contributed by atoms with Crippen molar-refractivity contribution in [3.63, 3.8) is 0 Å². The van der Waals surface area contributed by atoms with Crippen LogP contribution >= 0.6 is 46.3 Å². The van der Waals surface area contributed by atoms with Gasteiger partial charge in [0.25, 0.3) is 5.19 Å². The molecule has 5 nitrogen and oxygen atoms in total. The van der Waals surface area contributed by atoms with Crippen LogP contribution < -0.4 is 10.1 Å². The number of nitrogens with zero attached hydrogens (tertiary/aromatic N) is 2. The quantitative estimate of drug-likeness (QED) is 0.757. The van der Waals surface area contributed by atoms with Crippen LogP contribution in [-0.4, -0.2) is 28.0 Å². The Morgan fingerprint density at radius 2 is 2.18 bits per heavy atom. The van der Waals surface area contributed by atoms with Crippen LogP contribution in [0.5, 0.6) is 5.19 Å². The molecule has 1 amide bonds. The van der Waals surface area contributed by atoms with Gasteiger partial charge in [0.1, 0.15) is 0 Å². The predicted octanol–water partition coefficient (Wildman–Crippen LogP) is 4.36. The molecule has 118 valence electrons. The Labute approximate surface area is 146 Å². The van der Waals surface area contributed by atoms with Crippen molar-refractivity contribution in [1.29, 1.82) is 0 Å². The van der Waals surface area contributed by atoms with E-state index in [1.165, 1.54) is 23.1 Å². The smallest absolute Gasteiger partial charge is 0.295 e. The second kappa shape index (κ2) is 8.01. The second-order valence-electron chi connectivity index (χ2n) is 4.44. The maximum Gasteiger partial charge on any atom is 0.295 e. The Morgan fingerprint density at radius 3 is 2.91 bits per heavy atom. The molecule has 2 aromatic rings. The third kappa shape index (κ3) is 5.01. The van der Waals surface area contributed by atoms with Crippen LogP contribution in [0, 0.1) is 0 Å². The Morgan fingerprint density at radius 1 is 1.41 bits per heavy atom. The number of halogens is 2. The zero-order valence-electron chi connectivity index (χ0n) is 11.8. The first kappa shape index (κ1) is 17.3. The molecule has 0 fully saturated rings. The molecule has 0 atom stereocenters. The van der Waals surface area contributed by atoms with E-state index in [1.807, 2.05) is 13.8 Å². The Kier molecular flexibility index (Phi) is 6.31. The van der Waals surface area contributed by atoms with Crippen LogP contribution in [0.2, 0.25) is 10.0 Å². The summed E-state index contributed by atoms with van der Waals surface area (Å²) in [6.45, 7) is 3.83. The Balaban J connectivity index is 1.87. The standard InChI is InChI=1S/C13H13Cl2N3O2S2/c1-7(2)20-12-17-18-13(22-12)21-6-10(19)16-9-5-3-4-8(14)11(9)15/h3-5,7H,6H2,1-2H3,(H,16,19). The fourth-order valence-corrected chi connectivity index (χ4v) is 3.37. The highest BCUT2D eigenvalue weighted by molar-refractivity contribution is 8.01. The number of aromatic nitrogens is 2. The van der Waals surface area contributed by atoms with Crippen LogP contribution in [-0.2, 0) is 4.79 Å². The van der Waals surface area contributed by atoms with Gasteiger partial charge in [0.15, 0.2) is 4.34 Å². The van der Waals surface area contributed by atoms with Crippen molar-refractivity contribution >= 4 is 57.9 Å². The molecule has 0 spiro atoms. The highest BCUT2D eigenvalue weighted by Gasteiger charge is 2.12. The average Bonchev–Trinajstić information content (AvgIpc) is 2.88. The molecule has 0 aliphatic carbocycles. The summed E-state index contributed by atoms with van der Waals surface area (Å²) in [5, 5.41) is 11.8. The molecule has 0 radical (unpaired) electrons. The number of ether oxygens (including phenoxy) is 1. The lowest BCUT2D eigenvalue weighted by atomic mass is 10.3. The van der Waals surface area contributed by atoms with Crippen LogP contribution in [0.25, 0.3) is 0 Å². The van der Waals surface area contributed by atoms with E-state index in [2.05, 4.69) is 15.5 Å². The molecular weight excluding hydrogens is 365 g/mol. The lowest BCUT2D eigenvalue weighted by molar-refractivity contribution is -0.113. The van der Waals surface area contributed by atoms with Gasteiger partial charge < -0.3 is 10.1 Å². The topological polar surface area (TPSA) is 64.1 Å². The molecule has 1 N–H and O–H groups in total. The van der Waals surface area contributed by atoms with Gasteiger partial charge in [0.2, 0.25) is 5.91 Å². The number of carbonyl (C=O) groups is 1. The summed E-state index contributed by atoms with van der Waals surface area (Å²) in [4.78, 5) is 11.9. The molecule has 0 aliphatic rings. The van der Waals surface area contributed by atoms with E-state index in [0.29, 0.717) is 25.3 Å². The minimum atomic E-state index is -0.198. The van der Waals surface area contributed by atoms with E-state index in [0.717, 1.165) is 0 Å². The van der Waals surface area contributed by atoms with Gasteiger partial charge in [0.05, 0.1) is 27.6 Å². The number of hydrogen-bond acceptors (Lipinski definition) is 6. The highest BCUT2D eigenvalue weighted by atomic mass is 35.5. The number of hydrogen-bond donors (Lipinski definition) is 1. The van der Waals surface area contributed by atoms with Crippen molar-refractivity contribution in [1.82, 2.24) is 10.2 Å². The minimum absolute atomic E-state index is 0.0408. The van der Waals surface area contributed by atoms with E-state index in [4.69, 9.17) is 27.9 Å². The summed E-state index contributed by atoms with van der Waals surface area (Å²) in [6.07, 6.45) is 0.0408. The molecular formula is C13H13Cl2N3O2S2. The zero-order chi connectivity index (χ0) is 16.1.